The van der Waals surface area contributed by atoms with E-state index in [2.05, 4.69) is 29.1 Å². The Morgan fingerprint density at radius 1 is 1.00 bits per heavy atom. The van der Waals surface area contributed by atoms with E-state index in [1.807, 2.05) is 63.2 Å². The van der Waals surface area contributed by atoms with Crippen molar-refractivity contribution in [3.05, 3.63) is 88.9 Å². The van der Waals surface area contributed by atoms with Crippen LogP contribution in [0, 0.1) is 20.8 Å². The quantitative estimate of drug-likeness (QED) is 0.437. The molecule has 0 N–H and O–H groups in total. The van der Waals surface area contributed by atoms with Crippen LogP contribution in [0.5, 0.6) is 5.75 Å². The molecule has 4 aromatic rings. The van der Waals surface area contributed by atoms with Crippen molar-refractivity contribution in [3.63, 3.8) is 0 Å². The van der Waals surface area contributed by atoms with Gasteiger partial charge in [-0.25, -0.2) is 4.98 Å². The lowest BCUT2D eigenvalue weighted by Crippen LogP contribution is -2.04. The van der Waals surface area contributed by atoms with Gasteiger partial charge in [0.15, 0.2) is 5.89 Å². The third-order valence-electron chi connectivity index (χ3n) is 5.18. The van der Waals surface area contributed by atoms with Crippen molar-refractivity contribution in [3.8, 4) is 11.4 Å². The second kappa shape index (κ2) is 8.53. The summed E-state index contributed by atoms with van der Waals surface area (Å²) < 4.78 is 11.5. The van der Waals surface area contributed by atoms with Crippen molar-refractivity contribution < 1.29 is 9.15 Å². The highest BCUT2D eigenvalue weighted by Crippen LogP contribution is 2.27. The van der Waals surface area contributed by atoms with Crippen LogP contribution in [0.1, 0.15) is 47.1 Å². The van der Waals surface area contributed by atoms with Gasteiger partial charge in [-0.3, -0.25) is 0 Å². The summed E-state index contributed by atoms with van der Waals surface area (Å²) in [5, 5.41) is 9.35. The van der Waals surface area contributed by atoms with Crippen LogP contribution in [0.2, 0.25) is 0 Å². The lowest BCUT2D eigenvalue weighted by atomic mass is 9.96. The van der Waals surface area contributed by atoms with E-state index in [1.54, 1.807) is 4.80 Å². The van der Waals surface area contributed by atoms with Crippen molar-refractivity contribution in [2.75, 3.05) is 6.61 Å². The first-order chi connectivity index (χ1) is 14.5. The summed E-state index contributed by atoms with van der Waals surface area (Å²) in [4.78, 5) is 6.10. The molecule has 0 radical (unpaired) electrons. The molecule has 6 heteroatoms. The fourth-order valence-corrected chi connectivity index (χ4v) is 3.57. The first-order valence-electron chi connectivity index (χ1n) is 10.2. The van der Waals surface area contributed by atoms with Gasteiger partial charge in [0.05, 0.1) is 29.4 Å². The predicted molar refractivity (Wildman–Crippen MR) is 115 cm³/mol. The number of rotatable bonds is 7. The number of ether oxygens (including phenoxy) is 1. The Morgan fingerprint density at radius 2 is 1.80 bits per heavy atom. The number of hydrogen-bond donors (Lipinski definition) is 0. The fourth-order valence-electron chi connectivity index (χ4n) is 3.57. The van der Waals surface area contributed by atoms with E-state index in [4.69, 9.17) is 14.3 Å². The number of aryl methyl sites for hydroxylation is 3. The van der Waals surface area contributed by atoms with Crippen molar-refractivity contribution >= 4 is 0 Å². The third-order valence-corrected chi connectivity index (χ3v) is 5.18. The van der Waals surface area contributed by atoms with Gasteiger partial charge in [0, 0.05) is 19.3 Å². The largest absolute Gasteiger partial charge is 0.493 e. The van der Waals surface area contributed by atoms with Crippen molar-refractivity contribution in [1.82, 2.24) is 20.0 Å². The summed E-state index contributed by atoms with van der Waals surface area (Å²) >= 11 is 0. The van der Waals surface area contributed by atoms with E-state index in [0.29, 0.717) is 18.9 Å². The van der Waals surface area contributed by atoms with Gasteiger partial charge in [-0.1, -0.05) is 37.3 Å². The molecular formula is C24H26N4O2. The molecule has 30 heavy (non-hydrogen) atoms. The maximum absolute atomic E-state index is 5.98. The molecule has 6 nitrogen and oxygen atoms in total. The molecule has 2 aromatic carbocycles. The Bertz CT molecular complexity index is 1130. The lowest BCUT2D eigenvalue weighted by molar-refractivity contribution is 0.319. The summed E-state index contributed by atoms with van der Waals surface area (Å²) in [5.41, 5.74) is 4.93. The molecule has 0 spiro atoms. The van der Waals surface area contributed by atoms with Gasteiger partial charge in [-0.05, 0) is 43.7 Å². The topological polar surface area (TPSA) is 66.0 Å². The highest BCUT2D eigenvalue weighted by atomic mass is 16.5. The lowest BCUT2D eigenvalue weighted by Gasteiger charge is -2.12. The zero-order chi connectivity index (χ0) is 21.1. The predicted octanol–water partition coefficient (Wildman–Crippen LogP) is 4.95. The molecule has 0 saturated carbocycles. The maximum atomic E-state index is 5.98. The van der Waals surface area contributed by atoms with Gasteiger partial charge in [0.2, 0.25) is 0 Å². The van der Waals surface area contributed by atoms with E-state index >= 15 is 0 Å². The van der Waals surface area contributed by atoms with E-state index in [1.165, 1.54) is 0 Å². The number of aromatic nitrogens is 4. The van der Waals surface area contributed by atoms with Crippen molar-refractivity contribution in [2.45, 2.75) is 40.0 Å². The Morgan fingerprint density at radius 3 is 2.53 bits per heavy atom. The summed E-state index contributed by atoms with van der Waals surface area (Å²) in [5.74, 6) is 2.49. The molecule has 0 aliphatic carbocycles. The molecule has 1 atom stereocenters. The summed E-state index contributed by atoms with van der Waals surface area (Å²) in [6, 6.07) is 18.1. The minimum atomic E-state index is 0.103. The monoisotopic (exact) mass is 402 g/mol. The molecule has 0 amide bonds. The van der Waals surface area contributed by atoms with Gasteiger partial charge in [0.1, 0.15) is 11.5 Å². The molecular weight excluding hydrogens is 376 g/mol. The highest BCUT2D eigenvalue weighted by molar-refractivity contribution is 5.36. The first-order valence-corrected chi connectivity index (χ1v) is 10.2. The van der Waals surface area contributed by atoms with E-state index < -0.39 is 0 Å². The zero-order valence-corrected chi connectivity index (χ0v) is 17.8. The summed E-state index contributed by atoms with van der Waals surface area (Å²) in [6.45, 7) is 8.49. The van der Waals surface area contributed by atoms with Gasteiger partial charge >= 0.3 is 0 Å². The fraction of sp³-hybridized carbons (Fsp3) is 0.292. The van der Waals surface area contributed by atoms with Crippen LogP contribution in [0.25, 0.3) is 5.69 Å². The van der Waals surface area contributed by atoms with Gasteiger partial charge < -0.3 is 9.15 Å². The van der Waals surface area contributed by atoms with Gasteiger partial charge in [-0.2, -0.15) is 15.0 Å². The molecule has 2 heterocycles. The first kappa shape index (κ1) is 19.9. The van der Waals surface area contributed by atoms with E-state index in [0.717, 1.165) is 39.8 Å². The van der Waals surface area contributed by atoms with Crippen LogP contribution in [-0.4, -0.2) is 26.6 Å². The average Bonchev–Trinajstić information content (AvgIpc) is 3.29. The van der Waals surface area contributed by atoms with Crippen LogP contribution >= 0.6 is 0 Å². The Labute approximate surface area is 176 Å². The third kappa shape index (κ3) is 4.27. The number of para-hydroxylation sites is 1. The molecule has 1 unspecified atom stereocenters. The molecule has 0 aliphatic heterocycles. The number of benzene rings is 2. The van der Waals surface area contributed by atoms with Gasteiger partial charge in [-0.15, -0.1) is 0 Å². The van der Waals surface area contributed by atoms with Gasteiger partial charge in [0.25, 0.3) is 0 Å². The highest BCUT2D eigenvalue weighted by Gasteiger charge is 2.18. The van der Waals surface area contributed by atoms with Crippen LogP contribution in [0.15, 0.2) is 59.0 Å². The minimum absolute atomic E-state index is 0.103. The van der Waals surface area contributed by atoms with Crippen LogP contribution in [0.4, 0.5) is 0 Å². The van der Waals surface area contributed by atoms with Crippen LogP contribution < -0.4 is 4.74 Å². The van der Waals surface area contributed by atoms with Crippen molar-refractivity contribution in [2.24, 2.45) is 0 Å². The SMILES string of the molecule is Cc1nc(CCOc2cccc(C(C)c3nn(-c4ccccc4)nc3C)c2)c(C)o1. The molecule has 0 fully saturated rings. The second-order valence-corrected chi connectivity index (χ2v) is 7.42. The Hall–Kier alpha value is -3.41. The molecule has 2 aromatic heterocycles. The number of hydrogen-bond acceptors (Lipinski definition) is 5. The van der Waals surface area contributed by atoms with E-state index in [9.17, 15) is 0 Å². The normalized spacial score (nSPS) is 12.1. The number of nitrogens with zero attached hydrogens (tertiary/aromatic N) is 4. The van der Waals surface area contributed by atoms with Crippen LogP contribution in [0.3, 0.4) is 0 Å². The minimum Gasteiger partial charge on any atom is -0.493 e. The van der Waals surface area contributed by atoms with E-state index in [-0.39, 0.29) is 5.92 Å². The molecule has 154 valence electrons. The average molecular weight is 402 g/mol. The summed E-state index contributed by atoms with van der Waals surface area (Å²) in [6.07, 6.45) is 0.716. The second-order valence-electron chi connectivity index (χ2n) is 7.42. The van der Waals surface area contributed by atoms with Crippen molar-refractivity contribution in [1.29, 1.82) is 0 Å². The maximum Gasteiger partial charge on any atom is 0.191 e. The van der Waals surface area contributed by atoms with Crippen LogP contribution in [-0.2, 0) is 6.42 Å². The number of oxazole rings is 1. The Balaban J connectivity index is 1.47. The molecule has 0 aliphatic rings. The summed E-state index contributed by atoms with van der Waals surface area (Å²) in [7, 11) is 0. The standard InChI is InChI=1S/C24H26N4O2/c1-16(24-17(2)26-28(27-24)21-10-6-5-7-11-21)20-9-8-12-22(15-20)29-14-13-23-18(3)30-19(4)25-23/h5-12,15-16H,13-14H2,1-4H3. The zero-order valence-electron chi connectivity index (χ0n) is 17.8. The molecule has 4 rings (SSSR count). The molecule has 0 saturated heterocycles. The smallest absolute Gasteiger partial charge is 0.191 e. The Kier molecular flexibility index (Phi) is 5.65. The molecule has 0 bridgehead atoms.